The Bertz CT molecular complexity index is 901. The molecule has 0 aliphatic heterocycles. The van der Waals surface area contributed by atoms with Gasteiger partial charge in [-0.25, -0.2) is 22.7 Å². The Morgan fingerprint density at radius 1 is 1.29 bits per heavy atom. The minimum Gasteiger partial charge on any atom is -0.444 e. The van der Waals surface area contributed by atoms with E-state index in [2.05, 4.69) is 9.97 Å². The Labute approximate surface area is 148 Å². The van der Waals surface area contributed by atoms with Crippen LogP contribution in [0.3, 0.4) is 0 Å². The van der Waals surface area contributed by atoms with Crippen molar-refractivity contribution < 1.29 is 12.8 Å². The highest BCUT2D eigenvalue weighted by atomic mass is 32.2. The van der Waals surface area contributed by atoms with Crippen LogP contribution in [-0.2, 0) is 15.8 Å². The number of pyridine rings is 1. The molecule has 0 atom stereocenters. The van der Waals surface area contributed by atoms with Crippen molar-refractivity contribution in [1.82, 2.24) is 14.3 Å². The molecular weight excluding hydrogens is 366 g/mol. The lowest BCUT2D eigenvalue weighted by Gasteiger charge is -2.10. The van der Waals surface area contributed by atoms with Crippen molar-refractivity contribution in [2.45, 2.75) is 15.7 Å². The van der Waals surface area contributed by atoms with E-state index in [1.807, 2.05) is 17.5 Å². The van der Waals surface area contributed by atoms with Gasteiger partial charge in [0.25, 0.3) is 0 Å². The lowest BCUT2D eigenvalue weighted by Crippen LogP contribution is -2.22. The van der Waals surface area contributed by atoms with Gasteiger partial charge in [-0.2, -0.15) is 0 Å². The van der Waals surface area contributed by atoms with E-state index in [4.69, 9.17) is 4.42 Å². The SMILES string of the molecule is CN(C)S(=O)(=O)c1ccc(SCc2coc(-c3cccs3)n2)nc1. The third-order valence-electron chi connectivity index (χ3n) is 3.14. The molecule has 0 radical (unpaired) electrons. The quantitative estimate of drug-likeness (QED) is 0.610. The van der Waals surface area contributed by atoms with Crippen LogP contribution in [0.5, 0.6) is 0 Å². The van der Waals surface area contributed by atoms with Crippen molar-refractivity contribution in [2.24, 2.45) is 0 Å². The van der Waals surface area contributed by atoms with E-state index in [0.29, 0.717) is 11.6 Å². The fourth-order valence-corrected chi connectivity index (χ4v) is 4.07. The second kappa shape index (κ2) is 7.06. The van der Waals surface area contributed by atoms with E-state index in [-0.39, 0.29) is 4.90 Å². The highest BCUT2D eigenvalue weighted by molar-refractivity contribution is 7.98. The molecule has 0 aliphatic carbocycles. The van der Waals surface area contributed by atoms with Crippen LogP contribution in [0.15, 0.2) is 56.4 Å². The molecule has 0 unspecified atom stereocenters. The highest BCUT2D eigenvalue weighted by Gasteiger charge is 2.17. The zero-order valence-corrected chi connectivity index (χ0v) is 15.5. The topological polar surface area (TPSA) is 76.3 Å². The van der Waals surface area contributed by atoms with Crippen molar-refractivity contribution in [3.05, 3.63) is 47.8 Å². The highest BCUT2D eigenvalue weighted by Crippen LogP contribution is 2.26. The Kier molecular flexibility index (Phi) is 5.04. The first-order valence-electron chi connectivity index (χ1n) is 6.96. The molecule has 9 heteroatoms. The molecule has 0 aromatic carbocycles. The van der Waals surface area contributed by atoms with Gasteiger partial charge in [0, 0.05) is 26.0 Å². The first-order valence-corrected chi connectivity index (χ1v) is 10.3. The number of thioether (sulfide) groups is 1. The first kappa shape index (κ1) is 17.2. The van der Waals surface area contributed by atoms with Gasteiger partial charge in [0.1, 0.15) is 11.2 Å². The van der Waals surface area contributed by atoms with Crippen molar-refractivity contribution >= 4 is 33.1 Å². The van der Waals surface area contributed by atoms with Gasteiger partial charge in [-0.05, 0) is 23.6 Å². The van der Waals surface area contributed by atoms with Gasteiger partial charge in [0.15, 0.2) is 0 Å². The summed E-state index contributed by atoms with van der Waals surface area (Å²) in [6.45, 7) is 0. The van der Waals surface area contributed by atoms with Crippen LogP contribution in [-0.4, -0.2) is 36.8 Å². The van der Waals surface area contributed by atoms with Gasteiger partial charge >= 0.3 is 0 Å². The van der Waals surface area contributed by atoms with Crippen LogP contribution < -0.4 is 0 Å². The van der Waals surface area contributed by atoms with Gasteiger partial charge in [-0.1, -0.05) is 17.8 Å². The van der Waals surface area contributed by atoms with Crippen LogP contribution in [0.2, 0.25) is 0 Å². The molecule has 0 spiro atoms. The fourth-order valence-electron chi connectivity index (χ4n) is 1.85. The van der Waals surface area contributed by atoms with Crippen molar-refractivity contribution in [1.29, 1.82) is 0 Å². The number of hydrogen-bond donors (Lipinski definition) is 0. The van der Waals surface area contributed by atoms with E-state index in [9.17, 15) is 8.42 Å². The number of sulfonamides is 1. The zero-order chi connectivity index (χ0) is 17.2. The number of nitrogens with zero attached hydrogens (tertiary/aromatic N) is 3. The van der Waals surface area contributed by atoms with Crippen LogP contribution in [0, 0.1) is 0 Å². The third kappa shape index (κ3) is 3.69. The maximum Gasteiger partial charge on any atom is 0.244 e. The molecule has 0 fully saturated rings. The smallest absolute Gasteiger partial charge is 0.244 e. The molecule has 0 saturated heterocycles. The molecule has 3 aromatic rings. The number of thiophene rings is 1. The van der Waals surface area contributed by atoms with E-state index >= 15 is 0 Å². The third-order valence-corrected chi connectivity index (χ3v) is 6.77. The van der Waals surface area contributed by atoms with E-state index < -0.39 is 10.0 Å². The molecule has 6 nitrogen and oxygen atoms in total. The second-order valence-electron chi connectivity index (χ2n) is 5.03. The predicted octanol–water partition coefficient (Wildman–Crippen LogP) is 3.34. The molecule has 0 aliphatic rings. The molecule has 24 heavy (non-hydrogen) atoms. The van der Waals surface area contributed by atoms with Crippen LogP contribution >= 0.6 is 23.1 Å². The summed E-state index contributed by atoms with van der Waals surface area (Å²) >= 11 is 3.05. The molecule has 3 heterocycles. The summed E-state index contributed by atoms with van der Waals surface area (Å²) in [5, 5.41) is 2.70. The fraction of sp³-hybridized carbons (Fsp3) is 0.200. The lowest BCUT2D eigenvalue weighted by molar-refractivity contribution is 0.520. The van der Waals surface area contributed by atoms with Crippen LogP contribution in [0.25, 0.3) is 10.8 Å². The molecule has 3 rings (SSSR count). The number of oxazole rings is 1. The van der Waals surface area contributed by atoms with Crippen LogP contribution in [0.4, 0.5) is 0 Å². The monoisotopic (exact) mass is 381 g/mol. The summed E-state index contributed by atoms with van der Waals surface area (Å²) in [5.74, 6) is 1.21. The van der Waals surface area contributed by atoms with E-state index in [0.717, 1.165) is 15.6 Å². The van der Waals surface area contributed by atoms with Crippen molar-refractivity contribution in [2.75, 3.05) is 14.1 Å². The first-order chi connectivity index (χ1) is 11.5. The summed E-state index contributed by atoms with van der Waals surface area (Å²) in [7, 11) is -0.460. The summed E-state index contributed by atoms with van der Waals surface area (Å²) in [6.07, 6.45) is 3.00. The maximum atomic E-state index is 12.0. The summed E-state index contributed by atoms with van der Waals surface area (Å²) in [6, 6.07) is 7.16. The molecule has 0 bridgehead atoms. The average molecular weight is 382 g/mol. The van der Waals surface area contributed by atoms with Crippen molar-refractivity contribution in [3.8, 4) is 10.8 Å². The molecule has 0 N–H and O–H groups in total. The van der Waals surface area contributed by atoms with Gasteiger partial charge in [-0.15, -0.1) is 11.3 Å². The van der Waals surface area contributed by atoms with Crippen LogP contribution in [0.1, 0.15) is 5.69 Å². The number of rotatable bonds is 6. The average Bonchev–Trinajstić information content (AvgIpc) is 3.24. The molecule has 126 valence electrons. The Balaban J connectivity index is 1.65. The Hall–Kier alpha value is -1.68. The second-order valence-corrected chi connectivity index (χ2v) is 9.12. The summed E-state index contributed by atoms with van der Waals surface area (Å²) in [5.41, 5.74) is 0.815. The number of hydrogen-bond acceptors (Lipinski definition) is 7. The molecule has 0 amide bonds. The van der Waals surface area contributed by atoms with E-state index in [1.165, 1.54) is 36.4 Å². The Morgan fingerprint density at radius 2 is 2.12 bits per heavy atom. The largest absolute Gasteiger partial charge is 0.444 e. The molecular formula is C15H15N3O3S3. The standard InChI is InChI=1S/C15H15N3O3S3/c1-18(2)24(19,20)12-5-6-14(16-8-12)23-10-11-9-21-15(17-11)13-4-3-7-22-13/h3-9H,10H2,1-2H3. The normalized spacial score (nSPS) is 12.0. The zero-order valence-electron chi connectivity index (χ0n) is 13.0. The van der Waals surface area contributed by atoms with Gasteiger partial charge in [0.2, 0.25) is 15.9 Å². The van der Waals surface area contributed by atoms with E-state index in [1.54, 1.807) is 29.7 Å². The van der Waals surface area contributed by atoms with Gasteiger partial charge in [0.05, 0.1) is 15.6 Å². The number of aromatic nitrogens is 2. The Morgan fingerprint density at radius 3 is 2.75 bits per heavy atom. The molecule has 0 saturated carbocycles. The summed E-state index contributed by atoms with van der Waals surface area (Å²) in [4.78, 5) is 9.81. The predicted molar refractivity (Wildman–Crippen MR) is 94.5 cm³/mol. The maximum absolute atomic E-state index is 12.0. The van der Waals surface area contributed by atoms with Crippen molar-refractivity contribution in [3.63, 3.8) is 0 Å². The van der Waals surface area contributed by atoms with Gasteiger partial charge < -0.3 is 4.42 Å². The molecule has 3 aromatic heterocycles. The van der Waals surface area contributed by atoms with Gasteiger partial charge in [-0.3, -0.25) is 0 Å². The minimum atomic E-state index is -3.45. The lowest BCUT2D eigenvalue weighted by atomic mass is 10.5. The summed E-state index contributed by atoms with van der Waals surface area (Å²) < 4.78 is 30.6. The minimum absolute atomic E-state index is 0.179.